The first-order valence-electron chi connectivity index (χ1n) is 7.84. The van der Waals surface area contributed by atoms with Gasteiger partial charge in [-0.3, -0.25) is 4.79 Å². The van der Waals surface area contributed by atoms with E-state index in [1.54, 1.807) is 12.1 Å². The van der Waals surface area contributed by atoms with Crippen LogP contribution < -0.4 is 5.73 Å². The smallest absolute Gasteiger partial charge is 0.313 e. The van der Waals surface area contributed by atoms with Crippen molar-refractivity contribution in [3.63, 3.8) is 0 Å². The van der Waals surface area contributed by atoms with E-state index in [0.29, 0.717) is 31.9 Å². The fraction of sp³-hybridized carbons (Fsp3) is 0.316. The molecule has 122 valence electrons. The van der Waals surface area contributed by atoms with Gasteiger partial charge in [0.2, 0.25) is 0 Å². The SMILES string of the molecule is CCOC(=O)C(CCOCc1ccccc1)c1ccc(N)cc1. The molecule has 0 fully saturated rings. The summed E-state index contributed by atoms with van der Waals surface area (Å²) in [6, 6.07) is 17.3. The largest absolute Gasteiger partial charge is 0.466 e. The quantitative estimate of drug-likeness (QED) is 0.460. The van der Waals surface area contributed by atoms with Gasteiger partial charge in [-0.15, -0.1) is 0 Å². The Bertz CT molecular complexity index is 596. The summed E-state index contributed by atoms with van der Waals surface area (Å²) in [6.45, 7) is 3.21. The number of ether oxygens (including phenoxy) is 2. The molecule has 4 heteroatoms. The molecule has 0 saturated heterocycles. The second-order valence-electron chi connectivity index (χ2n) is 5.30. The number of carbonyl (C=O) groups is 1. The molecule has 1 atom stereocenters. The number of hydrogen-bond acceptors (Lipinski definition) is 4. The molecule has 1 unspecified atom stereocenters. The first-order valence-corrected chi connectivity index (χ1v) is 7.84. The van der Waals surface area contributed by atoms with Crippen molar-refractivity contribution in [1.29, 1.82) is 0 Å². The van der Waals surface area contributed by atoms with E-state index in [9.17, 15) is 4.79 Å². The fourth-order valence-corrected chi connectivity index (χ4v) is 2.36. The molecule has 0 amide bonds. The van der Waals surface area contributed by atoms with Crippen LogP contribution in [0.1, 0.15) is 30.4 Å². The van der Waals surface area contributed by atoms with Crippen molar-refractivity contribution in [2.24, 2.45) is 0 Å². The summed E-state index contributed by atoms with van der Waals surface area (Å²) in [4.78, 5) is 12.2. The van der Waals surface area contributed by atoms with Crippen LogP contribution in [0.25, 0.3) is 0 Å². The third-order valence-corrected chi connectivity index (χ3v) is 3.57. The van der Waals surface area contributed by atoms with E-state index < -0.39 is 0 Å². The summed E-state index contributed by atoms with van der Waals surface area (Å²) in [5.74, 6) is -0.549. The van der Waals surface area contributed by atoms with Crippen LogP contribution in [-0.2, 0) is 20.9 Å². The van der Waals surface area contributed by atoms with Crippen molar-refractivity contribution in [2.45, 2.75) is 25.9 Å². The maximum Gasteiger partial charge on any atom is 0.313 e. The first kappa shape index (κ1) is 17.0. The summed E-state index contributed by atoms with van der Waals surface area (Å²) in [7, 11) is 0. The lowest BCUT2D eigenvalue weighted by atomic mass is 9.96. The van der Waals surface area contributed by atoms with Crippen LogP contribution in [-0.4, -0.2) is 19.2 Å². The molecular weight excluding hydrogens is 290 g/mol. The van der Waals surface area contributed by atoms with Crippen molar-refractivity contribution in [2.75, 3.05) is 18.9 Å². The fourth-order valence-electron chi connectivity index (χ4n) is 2.36. The zero-order chi connectivity index (χ0) is 16.5. The molecule has 0 aromatic heterocycles. The van der Waals surface area contributed by atoms with E-state index in [1.807, 2.05) is 49.4 Å². The van der Waals surface area contributed by atoms with Gasteiger partial charge < -0.3 is 15.2 Å². The van der Waals surface area contributed by atoms with Crippen LogP contribution >= 0.6 is 0 Å². The minimum atomic E-state index is -0.327. The van der Waals surface area contributed by atoms with E-state index >= 15 is 0 Å². The molecule has 0 aliphatic rings. The second kappa shape index (κ2) is 8.96. The van der Waals surface area contributed by atoms with Gasteiger partial charge in [0.1, 0.15) is 0 Å². The van der Waals surface area contributed by atoms with E-state index in [4.69, 9.17) is 15.2 Å². The summed E-state index contributed by atoms with van der Waals surface area (Å²) in [6.07, 6.45) is 0.579. The third-order valence-electron chi connectivity index (χ3n) is 3.57. The van der Waals surface area contributed by atoms with Crippen molar-refractivity contribution in [3.05, 3.63) is 65.7 Å². The first-order chi connectivity index (χ1) is 11.2. The Morgan fingerprint density at radius 3 is 2.43 bits per heavy atom. The molecule has 0 radical (unpaired) electrons. The van der Waals surface area contributed by atoms with Gasteiger partial charge in [0.25, 0.3) is 0 Å². The highest BCUT2D eigenvalue weighted by Gasteiger charge is 2.21. The number of carbonyl (C=O) groups excluding carboxylic acids is 1. The maximum absolute atomic E-state index is 12.2. The highest BCUT2D eigenvalue weighted by Crippen LogP contribution is 2.23. The molecule has 0 bridgehead atoms. The predicted octanol–water partition coefficient (Wildman–Crippen LogP) is 3.52. The van der Waals surface area contributed by atoms with Gasteiger partial charge >= 0.3 is 5.97 Å². The Balaban J connectivity index is 1.92. The van der Waals surface area contributed by atoms with Crippen molar-refractivity contribution >= 4 is 11.7 Å². The van der Waals surface area contributed by atoms with Crippen LogP contribution in [0.15, 0.2) is 54.6 Å². The summed E-state index contributed by atoms with van der Waals surface area (Å²) in [5.41, 5.74) is 8.41. The second-order valence-corrected chi connectivity index (χ2v) is 5.30. The molecule has 23 heavy (non-hydrogen) atoms. The summed E-state index contributed by atoms with van der Waals surface area (Å²) < 4.78 is 10.9. The Morgan fingerprint density at radius 1 is 1.09 bits per heavy atom. The van der Waals surface area contributed by atoms with Crippen LogP contribution in [0.4, 0.5) is 5.69 Å². The average Bonchev–Trinajstić information content (AvgIpc) is 2.57. The maximum atomic E-state index is 12.2. The lowest BCUT2D eigenvalue weighted by Gasteiger charge is -2.16. The van der Waals surface area contributed by atoms with E-state index in [2.05, 4.69) is 0 Å². The van der Waals surface area contributed by atoms with Gasteiger partial charge in [-0.25, -0.2) is 0 Å². The predicted molar refractivity (Wildman–Crippen MR) is 90.9 cm³/mol. The number of nitrogen functional groups attached to an aromatic ring is 1. The number of hydrogen-bond donors (Lipinski definition) is 1. The molecule has 2 aromatic carbocycles. The Hall–Kier alpha value is -2.33. The minimum Gasteiger partial charge on any atom is -0.466 e. The van der Waals surface area contributed by atoms with Crippen LogP contribution in [0.2, 0.25) is 0 Å². The molecule has 0 aliphatic carbocycles. The van der Waals surface area contributed by atoms with Crippen LogP contribution in [0.5, 0.6) is 0 Å². The van der Waals surface area contributed by atoms with Crippen molar-refractivity contribution in [3.8, 4) is 0 Å². The Labute approximate surface area is 137 Å². The number of rotatable bonds is 8. The van der Waals surface area contributed by atoms with E-state index in [-0.39, 0.29) is 11.9 Å². The lowest BCUT2D eigenvalue weighted by Crippen LogP contribution is -2.18. The van der Waals surface area contributed by atoms with Gasteiger partial charge in [-0.2, -0.15) is 0 Å². The summed E-state index contributed by atoms with van der Waals surface area (Å²) in [5, 5.41) is 0. The topological polar surface area (TPSA) is 61.5 Å². The third kappa shape index (κ3) is 5.42. The van der Waals surface area contributed by atoms with E-state index in [0.717, 1.165) is 11.1 Å². The zero-order valence-electron chi connectivity index (χ0n) is 13.4. The Morgan fingerprint density at radius 2 is 1.78 bits per heavy atom. The highest BCUT2D eigenvalue weighted by molar-refractivity contribution is 5.78. The average molecular weight is 313 g/mol. The molecule has 0 spiro atoms. The van der Waals surface area contributed by atoms with E-state index in [1.165, 1.54) is 0 Å². The van der Waals surface area contributed by atoms with Crippen LogP contribution in [0, 0.1) is 0 Å². The number of nitrogens with two attached hydrogens (primary N) is 1. The monoisotopic (exact) mass is 313 g/mol. The number of benzene rings is 2. The summed E-state index contributed by atoms with van der Waals surface area (Å²) >= 11 is 0. The highest BCUT2D eigenvalue weighted by atomic mass is 16.5. The molecule has 0 aliphatic heterocycles. The molecular formula is C19H23NO3. The van der Waals surface area contributed by atoms with Gasteiger partial charge in [0.05, 0.1) is 19.1 Å². The van der Waals surface area contributed by atoms with Gasteiger partial charge in [-0.1, -0.05) is 42.5 Å². The Kier molecular flexibility index (Phi) is 6.63. The minimum absolute atomic E-state index is 0.222. The molecule has 2 rings (SSSR count). The molecule has 0 saturated carbocycles. The molecule has 0 heterocycles. The van der Waals surface area contributed by atoms with Gasteiger partial charge in [0.15, 0.2) is 0 Å². The lowest BCUT2D eigenvalue weighted by molar-refractivity contribution is -0.145. The zero-order valence-corrected chi connectivity index (χ0v) is 13.4. The number of esters is 1. The van der Waals surface area contributed by atoms with Gasteiger partial charge in [0, 0.05) is 12.3 Å². The molecule has 2 aromatic rings. The molecule has 4 nitrogen and oxygen atoms in total. The van der Waals surface area contributed by atoms with Crippen LogP contribution in [0.3, 0.4) is 0 Å². The molecule has 2 N–H and O–H groups in total. The number of anilines is 1. The van der Waals surface area contributed by atoms with Crippen molar-refractivity contribution in [1.82, 2.24) is 0 Å². The van der Waals surface area contributed by atoms with Gasteiger partial charge in [-0.05, 0) is 36.6 Å². The van der Waals surface area contributed by atoms with Crippen molar-refractivity contribution < 1.29 is 14.3 Å². The normalized spacial score (nSPS) is 11.9. The standard InChI is InChI=1S/C19H23NO3/c1-2-23-19(21)18(16-8-10-17(20)11-9-16)12-13-22-14-15-6-4-3-5-7-15/h3-11,18H,2,12-14,20H2,1H3.